The maximum absolute atomic E-state index is 10.6. The van der Waals surface area contributed by atoms with E-state index in [9.17, 15) is 13.2 Å². The molecule has 202 valence electrons. The zero-order valence-electron chi connectivity index (χ0n) is 21.5. The first-order valence-corrected chi connectivity index (χ1v) is 13.5. The summed E-state index contributed by atoms with van der Waals surface area (Å²) < 4.78 is 33.9. The van der Waals surface area contributed by atoms with Gasteiger partial charge < -0.3 is 10.4 Å². The first-order chi connectivity index (χ1) is 18.2. The van der Waals surface area contributed by atoms with Crippen LogP contribution >= 0.6 is 11.8 Å². The van der Waals surface area contributed by atoms with Crippen molar-refractivity contribution in [3.8, 4) is 11.3 Å². The fraction of sp³-hybridized carbons (Fsp3) is 0.310. The Kier molecular flexibility index (Phi) is 10.6. The summed E-state index contributed by atoms with van der Waals surface area (Å²) in [4.78, 5) is 15.2. The lowest BCUT2D eigenvalue weighted by molar-refractivity contribution is -0.192. The van der Waals surface area contributed by atoms with E-state index in [2.05, 4.69) is 96.5 Å². The Morgan fingerprint density at radius 1 is 1.03 bits per heavy atom. The third kappa shape index (κ3) is 8.55. The number of benzene rings is 2. The average molecular weight is 544 g/mol. The molecule has 0 unspecified atom stereocenters. The van der Waals surface area contributed by atoms with Crippen LogP contribution in [0.5, 0.6) is 0 Å². The third-order valence-electron chi connectivity index (χ3n) is 5.70. The second-order valence-corrected chi connectivity index (χ2v) is 9.99. The minimum atomic E-state index is -5.08. The minimum absolute atomic E-state index is 0.765. The lowest BCUT2D eigenvalue weighted by Crippen LogP contribution is -2.21. The normalized spacial score (nSPS) is 11.2. The molecule has 0 atom stereocenters. The molecule has 0 fully saturated rings. The molecule has 2 aromatic heterocycles. The van der Waals surface area contributed by atoms with Gasteiger partial charge in [0, 0.05) is 23.2 Å². The molecule has 0 aliphatic carbocycles. The molecule has 5 nitrogen and oxygen atoms in total. The van der Waals surface area contributed by atoms with Gasteiger partial charge in [-0.1, -0.05) is 68.7 Å². The highest BCUT2D eigenvalue weighted by Gasteiger charge is 2.38. The number of aliphatic carboxylic acids is 1. The Balaban J connectivity index is 0.000000505. The van der Waals surface area contributed by atoms with Crippen LogP contribution in [0, 0.1) is 6.92 Å². The molecule has 0 spiro atoms. The highest BCUT2D eigenvalue weighted by atomic mass is 32.2. The Morgan fingerprint density at radius 2 is 1.76 bits per heavy atom. The molecule has 0 saturated heterocycles. The quantitative estimate of drug-likeness (QED) is 0.156. The van der Waals surface area contributed by atoms with Gasteiger partial charge in [-0.15, -0.1) is 11.8 Å². The van der Waals surface area contributed by atoms with Gasteiger partial charge in [0.1, 0.15) is 17.2 Å². The summed E-state index contributed by atoms with van der Waals surface area (Å²) in [5, 5.41) is 10.8. The van der Waals surface area contributed by atoms with Crippen molar-refractivity contribution in [2.75, 3.05) is 11.1 Å². The van der Waals surface area contributed by atoms with Gasteiger partial charge >= 0.3 is 12.1 Å². The van der Waals surface area contributed by atoms with Crippen LogP contribution in [-0.4, -0.2) is 32.4 Å². The molecule has 0 saturated carbocycles. The molecule has 2 aromatic carbocycles. The second kappa shape index (κ2) is 13.9. The van der Waals surface area contributed by atoms with Crippen LogP contribution in [0.1, 0.15) is 43.7 Å². The smallest absolute Gasteiger partial charge is 0.475 e. The summed E-state index contributed by atoms with van der Waals surface area (Å²) >= 11 is 1.95. The number of thioether (sulfide) groups is 1. The van der Waals surface area contributed by atoms with E-state index in [1.807, 2.05) is 11.8 Å². The summed E-state index contributed by atoms with van der Waals surface area (Å²) in [5.41, 5.74) is 5.62. The molecular formula is C29H32F3N3O2S. The number of anilines is 1. The number of alkyl halides is 3. The van der Waals surface area contributed by atoms with Gasteiger partial charge in [-0.2, -0.15) is 13.2 Å². The van der Waals surface area contributed by atoms with Gasteiger partial charge in [0.2, 0.25) is 0 Å². The van der Waals surface area contributed by atoms with Crippen LogP contribution in [0.4, 0.5) is 19.0 Å². The molecule has 0 radical (unpaired) electrons. The number of halogens is 3. The SMILES string of the molecule is CCCCCCSc1cccc(-c2nc3cc(C)ccn3c2NCc2ccccc2)c1.O=C(O)C(F)(F)F. The summed E-state index contributed by atoms with van der Waals surface area (Å²) in [6.45, 7) is 5.14. The molecule has 38 heavy (non-hydrogen) atoms. The second-order valence-electron chi connectivity index (χ2n) is 8.82. The number of carboxylic acid groups (broad SMARTS) is 1. The Hall–Kier alpha value is -3.46. The topological polar surface area (TPSA) is 66.6 Å². The van der Waals surface area contributed by atoms with E-state index in [1.54, 1.807) is 0 Å². The number of carbonyl (C=O) groups is 1. The number of nitrogens with zero attached hydrogens (tertiary/aromatic N) is 2. The number of hydrogen-bond acceptors (Lipinski definition) is 4. The summed E-state index contributed by atoms with van der Waals surface area (Å²) in [6.07, 6.45) is 2.24. The van der Waals surface area contributed by atoms with Gasteiger partial charge in [0.15, 0.2) is 0 Å². The van der Waals surface area contributed by atoms with E-state index in [4.69, 9.17) is 14.9 Å². The zero-order valence-corrected chi connectivity index (χ0v) is 22.3. The first kappa shape index (κ1) is 29.1. The summed E-state index contributed by atoms with van der Waals surface area (Å²) in [5.74, 6) is -0.538. The lowest BCUT2D eigenvalue weighted by atomic mass is 10.1. The zero-order chi connectivity index (χ0) is 27.5. The molecule has 9 heteroatoms. The first-order valence-electron chi connectivity index (χ1n) is 12.5. The van der Waals surface area contributed by atoms with Crippen LogP contribution in [-0.2, 0) is 11.3 Å². The van der Waals surface area contributed by atoms with Crippen molar-refractivity contribution in [1.82, 2.24) is 9.38 Å². The van der Waals surface area contributed by atoms with E-state index in [0.717, 1.165) is 29.3 Å². The van der Waals surface area contributed by atoms with Crippen LogP contribution in [0.2, 0.25) is 0 Å². The number of nitrogens with one attached hydrogen (secondary N) is 1. The van der Waals surface area contributed by atoms with Crippen molar-refractivity contribution < 1.29 is 23.1 Å². The number of carboxylic acids is 1. The fourth-order valence-electron chi connectivity index (χ4n) is 3.75. The van der Waals surface area contributed by atoms with Crippen molar-refractivity contribution in [3.05, 3.63) is 84.1 Å². The molecule has 2 heterocycles. The Labute approximate surface area is 225 Å². The summed E-state index contributed by atoms with van der Waals surface area (Å²) in [6, 6.07) is 23.6. The van der Waals surface area contributed by atoms with Gasteiger partial charge in [-0.05, 0) is 54.5 Å². The fourth-order valence-corrected chi connectivity index (χ4v) is 4.72. The van der Waals surface area contributed by atoms with E-state index < -0.39 is 12.1 Å². The Morgan fingerprint density at radius 3 is 2.45 bits per heavy atom. The maximum Gasteiger partial charge on any atom is 0.490 e. The van der Waals surface area contributed by atoms with Crippen LogP contribution < -0.4 is 5.32 Å². The van der Waals surface area contributed by atoms with Crippen molar-refractivity contribution >= 4 is 29.2 Å². The van der Waals surface area contributed by atoms with Crippen molar-refractivity contribution in [3.63, 3.8) is 0 Å². The number of rotatable bonds is 10. The standard InChI is InChI=1S/C27H31N3S.C2HF3O2/c1-3-4-5-9-17-31-24-14-10-13-23(19-24)26-27(28-20-22-11-7-6-8-12-22)30-16-15-21(2)18-25(30)29-26;3-2(4,5)1(6)7/h6-8,10-16,18-19,28H,3-5,9,17,20H2,1-2H3;(H,6,7). The maximum atomic E-state index is 10.6. The van der Waals surface area contributed by atoms with E-state index in [-0.39, 0.29) is 0 Å². The molecule has 0 aliphatic rings. The minimum Gasteiger partial charge on any atom is -0.475 e. The molecule has 0 bridgehead atoms. The number of pyridine rings is 1. The van der Waals surface area contributed by atoms with Crippen LogP contribution in [0.25, 0.3) is 16.9 Å². The molecule has 0 aliphatic heterocycles. The molecular weight excluding hydrogens is 511 g/mol. The number of aryl methyl sites for hydroxylation is 1. The van der Waals surface area contributed by atoms with Crippen LogP contribution in [0.15, 0.2) is 77.8 Å². The van der Waals surface area contributed by atoms with Gasteiger partial charge in [-0.25, -0.2) is 9.78 Å². The highest BCUT2D eigenvalue weighted by molar-refractivity contribution is 7.99. The predicted octanol–water partition coefficient (Wildman–Crippen LogP) is 8.23. The van der Waals surface area contributed by atoms with E-state index in [1.165, 1.54) is 47.5 Å². The third-order valence-corrected chi connectivity index (χ3v) is 6.78. The van der Waals surface area contributed by atoms with Crippen molar-refractivity contribution in [1.29, 1.82) is 0 Å². The lowest BCUT2D eigenvalue weighted by Gasteiger charge is -2.10. The highest BCUT2D eigenvalue weighted by Crippen LogP contribution is 2.32. The van der Waals surface area contributed by atoms with Gasteiger partial charge in [-0.3, -0.25) is 4.40 Å². The monoisotopic (exact) mass is 543 g/mol. The average Bonchev–Trinajstić information content (AvgIpc) is 3.25. The van der Waals surface area contributed by atoms with Gasteiger partial charge in [0.05, 0.1) is 0 Å². The number of hydrogen-bond donors (Lipinski definition) is 2. The Bertz CT molecular complexity index is 1320. The van der Waals surface area contributed by atoms with E-state index in [0.29, 0.717) is 0 Å². The number of imidazole rings is 1. The molecule has 0 amide bonds. The number of aromatic nitrogens is 2. The summed E-state index contributed by atoms with van der Waals surface area (Å²) in [7, 11) is 0. The molecule has 4 aromatic rings. The van der Waals surface area contributed by atoms with E-state index >= 15 is 0 Å². The van der Waals surface area contributed by atoms with Gasteiger partial charge in [0.25, 0.3) is 0 Å². The largest absolute Gasteiger partial charge is 0.490 e. The van der Waals surface area contributed by atoms with Crippen molar-refractivity contribution in [2.24, 2.45) is 0 Å². The van der Waals surface area contributed by atoms with Crippen LogP contribution in [0.3, 0.4) is 0 Å². The molecule has 4 rings (SSSR count). The predicted molar refractivity (Wildman–Crippen MR) is 148 cm³/mol. The molecule has 2 N–H and O–H groups in total. The number of fused-ring (bicyclic) bond motifs is 1. The number of unbranched alkanes of at least 4 members (excludes halogenated alkanes) is 3. The van der Waals surface area contributed by atoms with Crippen molar-refractivity contribution in [2.45, 2.75) is 57.1 Å².